The number of benzene rings is 3. The Labute approximate surface area is 313 Å². The second kappa shape index (κ2) is 11.9. The van der Waals surface area contributed by atoms with E-state index in [1.165, 1.54) is 31.9 Å². The van der Waals surface area contributed by atoms with Crippen LogP contribution in [0.4, 0.5) is 10.2 Å². The Kier molecular flexibility index (Phi) is 7.59. The molecule has 5 aromatic rings. The van der Waals surface area contributed by atoms with Gasteiger partial charge in [-0.05, 0) is 73.4 Å². The van der Waals surface area contributed by atoms with Crippen LogP contribution in [0.2, 0.25) is 5.02 Å². The quantitative estimate of drug-likeness (QED) is 0.147. The van der Waals surface area contributed by atoms with Crippen molar-refractivity contribution in [2.45, 2.75) is 39.2 Å². The summed E-state index contributed by atoms with van der Waals surface area (Å²) in [5.41, 5.74) is 1.75. The molecule has 2 aliphatic carbocycles. The molecule has 1 N–H and O–H groups in total. The topological polar surface area (TPSA) is 113 Å². The Balaban J connectivity index is 1.14. The number of hydrogen-bond acceptors (Lipinski definition) is 7. The van der Waals surface area contributed by atoms with Gasteiger partial charge in [-0.2, -0.15) is 5.10 Å². The van der Waals surface area contributed by atoms with Gasteiger partial charge in [0.15, 0.2) is 11.6 Å². The molecule has 12 heteroatoms. The van der Waals surface area contributed by atoms with Crippen molar-refractivity contribution >= 4 is 62.5 Å². The van der Waals surface area contributed by atoms with E-state index < -0.39 is 58.4 Å². The summed E-state index contributed by atoms with van der Waals surface area (Å²) >= 11 is 7.83. The van der Waals surface area contributed by atoms with Crippen molar-refractivity contribution in [2.24, 2.45) is 36.1 Å². The molecular formula is C41H34ClFN4O5S. The molecule has 6 unspecified atom stereocenters. The molecule has 268 valence electrons. The zero-order valence-electron chi connectivity index (χ0n) is 29.0. The van der Waals surface area contributed by atoms with E-state index in [1.807, 2.05) is 61.5 Å². The minimum absolute atomic E-state index is 0.128. The standard InChI is InChI=1S/C41H34ClFN4O5S/c1-20-26-16-22(42)12-15-31(26)53-36(20)30-18-32(45(3)44-30)47-38(50)28-17-27-23(34(41(28,2)40(47)52)25-10-7-11-29(43)35(25)48)13-14-24-33(27)39(51)46(37(24)49)19-21-8-5-4-6-9-21/h4-13,15-16,18,24,27-28,33-34,48H,14,17,19H2,1-3H3. The van der Waals surface area contributed by atoms with Gasteiger partial charge >= 0.3 is 0 Å². The number of phenolic OH excluding ortho intramolecular Hbond substituents is 1. The third-order valence-electron chi connectivity index (χ3n) is 12.1. The molecule has 0 spiro atoms. The van der Waals surface area contributed by atoms with Gasteiger partial charge in [0, 0.05) is 34.3 Å². The lowest BCUT2D eigenvalue weighted by Crippen LogP contribution is -2.49. The largest absolute Gasteiger partial charge is 0.505 e. The summed E-state index contributed by atoms with van der Waals surface area (Å²) in [6, 6.07) is 20.9. The highest BCUT2D eigenvalue weighted by Gasteiger charge is 2.68. The maximum atomic E-state index is 15.1. The van der Waals surface area contributed by atoms with E-state index in [0.717, 1.165) is 32.2 Å². The summed E-state index contributed by atoms with van der Waals surface area (Å²) in [5.74, 6) is -6.63. The third-order valence-corrected chi connectivity index (χ3v) is 13.6. The van der Waals surface area contributed by atoms with Crippen LogP contribution in [0, 0.1) is 41.8 Å². The molecule has 6 atom stereocenters. The molecule has 3 aromatic carbocycles. The van der Waals surface area contributed by atoms with Crippen LogP contribution in [-0.4, -0.2) is 43.4 Å². The first-order valence-corrected chi connectivity index (χ1v) is 18.8. The van der Waals surface area contributed by atoms with Crippen molar-refractivity contribution in [3.05, 3.63) is 112 Å². The van der Waals surface area contributed by atoms with E-state index in [0.29, 0.717) is 16.3 Å². The number of amides is 4. The van der Waals surface area contributed by atoms with Gasteiger partial charge in [-0.25, -0.2) is 9.29 Å². The van der Waals surface area contributed by atoms with Gasteiger partial charge in [0.25, 0.3) is 0 Å². The van der Waals surface area contributed by atoms with E-state index in [2.05, 4.69) is 0 Å². The fourth-order valence-electron chi connectivity index (χ4n) is 9.55. The van der Waals surface area contributed by atoms with Crippen LogP contribution >= 0.6 is 22.9 Å². The number of aryl methyl sites for hydroxylation is 2. The zero-order valence-corrected chi connectivity index (χ0v) is 30.6. The van der Waals surface area contributed by atoms with Gasteiger partial charge in [0.1, 0.15) is 11.5 Å². The minimum Gasteiger partial charge on any atom is -0.505 e. The van der Waals surface area contributed by atoms with Crippen molar-refractivity contribution in [1.82, 2.24) is 14.7 Å². The molecule has 4 amide bonds. The number of aromatic hydroxyl groups is 1. The predicted molar refractivity (Wildman–Crippen MR) is 198 cm³/mol. The van der Waals surface area contributed by atoms with Gasteiger partial charge < -0.3 is 5.11 Å². The Hall–Kier alpha value is -5.13. The van der Waals surface area contributed by atoms with Crippen LogP contribution in [0.5, 0.6) is 5.75 Å². The number of phenols is 1. The van der Waals surface area contributed by atoms with Crippen molar-refractivity contribution in [2.75, 3.05) is 4.90 Å². The number of imide groups is 2. The fraction of sp³-hybridized carbons (Fsp3) is 0.293. The first-order valence-electron chi connectivity index (χ1n) is 17.6. The predicted octanol–water partition coefficient (Wildman–Crippen LogP) is 7.54. The number of carbonyl (C=O) groups excluding carboxylic acids is 4. The number of thiophene rings is 1. The lowest BCUT2D eigenvalue weighted by Gasteiger charge is -2.49. The number of likely N-dealkylation sites (tertiary alicyclic amines) is 1. The number of aromatic nitrogens is 2. The Morgan fingerprint density at radius 2 is 1.75 bits per heavy atom. The number of nitrogens with zero attached hydrogens (tertiary/aromatic N) is 4. The minimum atomic E-state index is -1.46. The van der Waals surface area contributed by atoms with Crippen LogP contribution in [-0.2, 0) is 32.8 Å². The Bertz CT molecular complexity index is 2460. The lowest BCUT2D eigenvalue weighted by atomic mass is 9.51. The summed E-state index contributed by atoms with van der Waals surface area (Å²) in [6.45, 7) is 3.81. The highest BCUT2D eigenvalue weighted by atomic mass is 35.5. The molecule has 4 aliphatic rings. The van der Waals surface area contributed by atoms with Crippen LogP contribution in [0.25, 0.3) is 20.7 Å². The van der Waals surface area contributed by atoms with Gasteiger partial charge in [-0.1, -0.05) is 65.7 Å². The molecule has 2 aliphatic heterocycles. The summed E-state index contributed by atoms with van der Waals surface area (Å²) in [4.78, 5) is 61.2. The number of hydrogen-bond donors (Lipinski definition) is 1. The van der Waals surface area contributed by atoms with Crippen molar-refractivity contribution in [1.29, 1.82) is 0 Å². The summed E-state index contributed by atoms with van der Waals surface area (Å²) in [5, 5.41) is 17.6. The van der Waals surface area contributed by atoms with E-state index >= 15 is 4.39 Å². The highest BCUT2D eigenvalue weighted by Crippen LogP contribution is 2.64. The molecule has 0 radical (unpaired) electrons. The van der Waals surface area contributed by atoms with Gasteiger partial charge in [-0.3, -0.25) is 28.8 Å². The van der Waals surface area contributed by atoms with Crippen LogP contribution in [0.3, 0.4) is 0 Å². The normalized spacial score (nSPS) is 26.7. The first-order chi connectivity index (χ1) is 25.4. The lowest BCUT2D eigenvalue weighted by molar-refractivity contribution is -0.141. The van der Waals surface area contributed by atoms with Crippen molar-refractivity contribution in [3.63, 3.8) is 0 Å². The average molecular weight is 749 g/mol. The summed E-state index contributed by atoms with van der Waals surface area (Å²) in [6.07, 6.45) is 2.27. The maximum absolute atomic E-state index is 15.1. The van der Waals surface area contributed by atoms with E-state index in [9.17, 15) is 24.3 Å². The number of halogens is 2. The highest BCUT2D eigenvalue weighted by molar-refractivity contribution is 7.22. The average Bonchev–Trinajstić information content (AvgIpc) is 3.81. The molecule has 9 rings (SSSR count). The van der Waals surface area contributed by atoms with E-state index in [4.69, 9.17) is 16.7 Å². The van der Waals surface area contributed by atoms with Crippen LogP contribution < -0.4 is 4.90 Å². The van der Waals surface area contributed by atoms with Crippen LogP contribution in [0.1, 0.15) is 42.4 Å². The molecule has 9 nitrogen and oxygen atoms in total. The molecule has 0 bridgehead atoms. The molecular weight excluding hydrogens is 715 g/mol. The van der Waals surface area contributed by atoms with Crippen molar-refractivity contribution < 1.29 is 28.7 Å². The zero-order chi connectivity index (χ0) is 37.1. The van der Waals surface area contributed by atoms with Gasteiger partial charge in [0.05, 0.1) is 34.6 Å². The van der Waals surface area contributed by atoms with E-state index in [-0.39, 0.29) is 42.6 Å². The number of para-hydroxylation sites is 1. The molecule has 4 heterocycles. The first kappa shape index (κ1) is 33.7. The molecule has 53 heavy (non-hydrogen) atoms. The Morgan fingerprint density at radius 1 is 0.981 bits per heavy atom. The van der Waals surface area contributed by atoms with Gasteiger partial charge in [0.2, 0.25) is 23.6 Å². The molecule has 2 saturated heterocycles. The van der Waals surface area contributed by atoms with E-state index in [1.54, 1.807) is 26.1 Å². The third kappa shape index (κ3) is 4.76. The summed E-state index contributed by atoms with van der Waals surface area (Å²) in [7, 11) is 1.68. The molecule has 2 aromatic heterocycles. The SMILES string of the molecule is Cc1c(-c2cc(N3C(=O)C4CC5C(=CCC6C(=O)N(Cc7ccccc7)C(=O)C65)C(c5cccc(F)c5O)C4(C)C3=O)n(C)n2)sc2ccc(Cl)cc12. The van der Waals surface area contributed by atoms with Crippen molar-refractivity contribution in [3.8, 4) is 16.3 Å². The maximum Gasteiger partial charge on any atom is 0.242 e. The summed E-state index contributed by atoms with van der Waals surface area (Å²) < 4.78 is 17.7. The second-order valence-corrected chi connectivity index (χ2v) is 16.3. The molecule has 1 saturated carbocycles. The number of rotatable bonds is 5. The second-order valence-electron chi connectivity index (χ2n) is 14.8. The number of anilines is 1. The number of carbonyl (C=O) groups is 4. The molecule has 3 fully saturated rings. The van der Waals surface area contributed by atoms with Crippen LogP contribution in [0.15, 0.2) is 84.4 Å². The fourth-order valence-corrected chi connectivity index (χ4v) is 10.9. The van der Waals surface area contributed by atoms with Gasteiger partial charge in [-0.15, -0.1) is 11.3 Å². The number of fused-ring (bicyclic) bond motifs is 5. The monoisotopic (exact) mass is 748 g/mol. The number of allylic oxidation sites excluding steroid dienone is 2. The Morgan fingerprint density at radius 3 is 2.53 bits per heavy atom. The smallest absolute Gasteiger partial charge is 0.242 e.